The lowest BCUT2D eigenvalue weighted by Gasteiger charge is -2.10. The zero-order valence-electron chi connectivity index (χ0n) is 13.4. The predicted molar refractivity (Wildman–Crippen MR) is 114 cm³/mol. The van der Waals surface area contributed by atoms with Gasteiger partial charge in [0, 0.05) is 17.0 Å². The first-order chi connectivity index (χ1) is 11.3. The van der Waals surface area contributed by atoms with E-state index in [-0.39, 0.29) is 24.0 Å². The normalized spacial score (nSPS) is 17.2. The largest absolute Gasteiger partial charge is 0.457 e. The molecule has 0 aromatic heterocycles. The molecular formula is C18H22IN3OS. The summed E-state index contributed by atoms with van der Waals surface area (Å²) in [6, 6.07) is 17.4. The van der Waals surface area contributed by atoms with Gasteiger partial charge in [-0.15, -0.1) is 24.0 Å². The Balaban J connectivity index is 0.00000208. The van der Waals surface area contributed by atoms with Gasteiger partial charge in [-0.1, -0.05) is 24.3 Å². The minimum absolute atomic E-state index is 0. The minimum atomic E-state index is 0. The van der Waals surface area contributed by atoms with Gasteiger partial charge >= 0.3 is 0 Å². The van der Waals surface area contributed by atoms with Crippen molar-refractivity contribution in [3.8, 4) is 11.5 Å². The topological polar surface area (TPSA) is 59.6 Å². The molecule has 2 aromatic carbocycles. The number of para-hydroxylation sites is 1. The zero-order chi connectivity index (χ0) is 15.9. The number of hydrogen-bond acceptors (Lipinski definition) is 3. The van der Waals surface area contributed by atoms with Gasteiger partial charge in [0.1, 0.15) is 11.5 Å². The second-order valence-corrected chi connectivity index (χ2v) is 6.84. The van der Waals surface area contributed by atoms with E-state index in [0.717, 1.165) is 23.7 Å². The van der Waals surface area contributed by atoms with E-state index >= 15 is 0 Å². The fourth-order valence-electron chi connectivity index (χ4n) is 2.44. The Morgan fingerprint density at radius 3 is 2.71 bits per heavy atom. The molecule has 0 radical (unpaired) electrons. The third kappa shape index (κ3) is 5.90. The van der Waals surface area contributed by atoms with Gasteiger partial charge in [-0.2, -0.15) is 11.8 Å². The van der Waals surface area contributed by atoms with Crippen LogP contribution in [0.25, 0.3) is 0 Å². The average Bonchev–Trinajstić information content (AvgIpc) is 3.08. The molecule has 3 rings (SSSR count). The Morgan fingerprint density at radius 1 is 1.17 bits per heavy atom. The number of ether oxygens (including phenoxy) is 1. The highest BCUT2D eigenvalue weighted by molar-refractivity contribution is 14.0. The van der Waals surface area contributed by atoms with Crippen molar-refractivity contribution in [3.05, 3.63) is 54.6 Å². The molecule has 6 heteroatoms. The van der Waals surface area contributed by atoms with Gasteiger partial charge in [-0.25, -0.2) is 0 Å². The summed E-state index contributed by atoms with van der Waals surface area (Å²) >= 11 is 1.98. The smallest absolute Gasteiger partial charge is 0.193 e. The van der Waals surface area contributed by atoms with E-state index in [1.807, 2.05) is 66.4 Å². The fraction of sp³-hybridized carbons (Fsp3) is 0.278. The summed E-state index contributed by atoms with van der Waals surface area (Å²) in [5.74, 6) is 3.27. The molecule has 4 nitrogen and oxygen atoms in total. The predicted octanol–water partition coefficient (Wildman–Crippen LogP) is 4.72. The van der Waals surface area contributed by atoms with Crippen LogP contribution in [0.4, 0.5) is 5.69 Å². The van der Waals surface area contributed by atoms with Gasteiger partial charge in [-0.3, -0.25) is 4.99 Å². The van der Waals surface area contributed by atoms with E-state index in [1.165, 1.54) is 18.6 Å². The molecule has 0 saturated carbocycles. The maximum Gasteiger partial charge on any atom is 0.193 e. The molecule has 24 heavy (non-hydrogen) atoms. The summed E-state index contributed by atoms with van der Waals surface area (Å²) in [5, 5.41) is 3.74. The van der Waals surface area contributed by atoms with Crippen LogP contribution in [0.1, 0.15) is 12.8 Å². The lowest BCUT2D eigenvalue weighted by Crippen LogP contribution is -2.24. The maximum atomic E-state index is 5.98. The molecule has 2 aromatic rings. The van der Waals surface area contributed by atoms with Crippen LogP contribution in [0.3, 0.4) is 0 Å². The molecule has 3 N–H and O–H groups in total. The van der Waals surface area contributed by atoms with Crippen molar-refractivity contribution in [2.75, 3.05) is 17.6 Å². The fourth-order valence-corrected chi connectivity index (χ4v) is 3.62. The Labute approximate surface area is 164 Å². The molecule has 1 aliphatic rings. The van der Waals surface area contributed by atoms with E-state index in [9.17, 15) is 0 Å². The van der Waals surface area contributed by atoms with Crippen LogP contribution in [0.5, 0.6) is 11.5 Å². The van der Waals surface area contributed by atoms with Gasteiger partial charge in [0.25, 0.3) is 0 Å². The maximum absolute atomic E-state index is 5.98. The quantitative estimate of drug-likeness (QED) is 0.389. The van der Waals surface area contributed by atoms with Crippen molar-refractivity contribution >= 4 is 47.4 Å². The van der Waals surface area contributed by atoms with Crippen molar-refractivity contribution in [1.82, 2.24) is 0 Å². The summed E-state index contributed by atoms with van der Waals surface area (Å²) in [6.07, 6.45) is 2.53. The number of guanidine groups is 1. The van der Waals surface area contributed by atoms with E-state index in [2.05, 4.69) is 10.3 Å². The van der Waals surface area contributed by atoms with E-state index in [4.69, 9.17) is 10.5 Å². The first-order valence-electron chi connectivity index (χ1n) is 7.81. The summed E-state index contributed by atoms with van der Waals surface area (Å²) in [5.41, 5.74) is 6.85. The van der Waals surface area contributed by atoms with Gasteiger partial charge in [0.05, 0.1) is 6.54 Å². The Hall–Kier alpha value is -1.41. The van der Waals surface area contributed by atoms with Crippen LogP contribution >= 0.6 is 35.7 Å². The third-order valence-corrected chi connectivity index (χ3v) is 4.96. The lowest BCUT2D eigenvalue weighted by molar-refractivity contribution is 0.483. The van der Waals surface area contributed by atoms with Crippen LogP contribution in [0.2, 0.25) is 0 Å². The molecule has 1 saturated heterocycles. The van der Waals surface area contributed by atoms with Crippen LogP contribution in [0, 0.1) is 0 Å². The van der Waals surface area contributed by atoms with E-state index in [0.29, 0.717) is 11.2 Å². The Morgan fingerprint density at radius 2 is 1.96 bits per heavy atom. The Bertz CT molecular complexity index is 660. The number of halogens is 1. The standard InChI is InChI=1S/C18H21N3OS.HI/c19-18(20-13-17-10-5-11-23-17)21-14-6-4-9-16(12-14)22-15-7-2-1-3-8-15;/h1-4,6-9,12,17H,5,10-11,13H2,(H3,19,20,21);1H. The number of aliphatic imine (C=N–C) groups is 1. The molecule has 1 atom stereocenters. The van der Waals surface area contributed by atoms with Gasteiger partial charge < -0.3 is 15.8 Å². The van der Waals surface area contributed by atoms with Crippen molar-refractivity contribution in [3.63, 3.8) is 0 Å². The van der Waals surface area contributed by atoms with Crippen LogP contribution in [-0.2, 0) is 0 Å². The second-order valence-electron chi connectivity index (χ2n) is 5.43. The van der Waals surface area contributed by atoms with Crippen LogP contribution in [-0.4, -0.2) is 23.5 Å². The van der Waals surface area contributed by atoms with E-state index in [1.54, 1.807) is 0 Å². The van der Waals surface area contributed by atoms with Crippen molar-refractivity contribution < 1.29 is 4.74 Å². The molecule has 128 valence electrons. The second kappa shape index (κ2) is 9.78. The van der Waals surface area contributed by atoms with Crippen LogP contribution < -0.4 is 15.8 Å². The monoisotopic (exact) mass is 455 g/mol. The van der Waals surface area contributed by atoms with Crippen molar-refractivity contribution in [2.45, 2.75) is 18.1 Å². The average molecular weight is 455 g/mol. The van der Waals surface area contributed by atoms with Gasteiger partial charge in [0.2, 0.25) is 0 Å². The highest BCUT2D eigenvalue weighted by Crippen LogP contribution is 2.26. The molecule has 0 amide bonds. The molecular weight excluding hydrogens is 433 g/mol. The van der Waals surface area contributed by atoms with Crippen molar-refractivity contribution in [1.29, 1.82) is 0 Å². The minimum Gasteiger partial charge on any atom is -0.457 e. The van der Waals surface area contributed by atoms with Crippen molar-refractivity contribution in [2.24, 2.45) is 10.7 Å². The molecule has 1 aliphatic heterocycles. The molecule has 0 spiro atoms. The number of nitrogens with two attached hydrogens (primary N) is 1. The molecule has 1 unspecified atom stereocenters. The highest BCUT2D eigenvalue weighted by Gasteiger charge is 2.14. The molecule has 0 bridgehead atoms. The number of benzene rings is 2. The van der Waals surface area contributed by atoms with Crippen LogP contribution in [0.15, 0.2) is 59.6 Å². The number of thioether (sulfide) groups is 1. The first-order valence-corrected chi connectivity index (χ1v) is 8.86. The SMILES string of the molecule is I.NC(=NCC1CCCS1)Nc1cccc(Oc2ccccc2)c1. The summed E-state index contributed by atoms with van der Waals surface area (Å²) in [4.78, 5) is 4.44. The van der Waals surface area contributed by atoms with E-state index < -0.39 is 0 Å². The number of nitrogens with one attached hydrogen (secondary N) is 1. The molecule has 1 heterocycles. The lowest BCUT2D eigenvalue weighted by atomic mass is 10.2. The Kier molecular flexibility index (Phi) is 7.71. The molecule has 0 aliphatic carbocycles. The zero-order valence-corrected chi connectivity index (χ0v) is 16.5. The number of anilines is 1. The first kappa shape index (κ1) is 18.9. The number of hydrogen-bond donors (Lipinski definition) is 2. The van der Waals surface area contributed by atoms with Gasteiger partial charge in [-0.05, 0) is 42.9 Å². The molecule has 1 fully saturated rings. The summed E-state index contributed by atoms with van der Waals surface area (Å²) < 4.78 is 5.82. The number of rotatable bonds is 5. The highest BCUT2D eigenvalue weighted by atomic mass is 127. The number of nitrogens with zero attached hydrogens (tertiary/aromatic N) is 1. The summed E-state index contributed by atoms with van der Waals surface area (Å²) in [6.45, 7) is 0.781. The third-order valence-electron chi connectivity index (χ3n) is 3.57. The summed E-state index contributed by atoms with van der Waals surface area (Å²) in [7, 11) is 0. The van der Waals surface area contributed by atoms with Gasteiger partial charge in [0.15, 0.2) is 5.96 Å².